The normalized spacial score (nSPS) is 11.2. The minimum absolute atomic E-state index is 0.569. The molecule has 0 bridgehead atoms. The van der Waals surface area contributed by atoms with E-state index in [1.165, 1.54) is 0 Å². The number of nitrogens with zero attached hydrogens (tertiary/aromatic N) is 5. The second-order valence-electron chi connectivity index (χ2n) is 4.38. The monoisotopic (exact) mass is 219 g/mol. The van der Waals surface area contributed by atoms with Gasteiger partial charge in [0.25, 0.3) is 0 Å². The van der Waals surface area contributed by atoms with Crippen LogP contribution in [-0.4, -0.2) is 24.5 Å². The predicted molar refractivity (Wildman–Crippen MR) is 60.9 cm³/mol. The zero-order chi connectivity index (χ0) is 11.5. The Morgan fingerprint density at radius 1 is 1.25 bits per heavy atom. The zero-order valence-electron chi connectivity index (χ0n) is 9.96. The summed E-state index contributed by atoms with van der Waals surface area (Å²) in [7, 11) is 0. The quantitative estimate of drug-likeness (QED) is 0.782. The van der Waals surface area contributed by atoms with Gasteiger partial charge in [0.1, 0.15) is 18.7 Å². The van der Waals surface area contributed by atoms with Crippen LogP contribution in [0.2, 0.25) is 0 Å². The first kappa shape index (κ1) is 10.9. The minimum atomic E-state index is 0.569. The van der Waals surface area contributed by atoms with Crippen LogP contribution in [0.5, 0.6) is 0 Å². The summed E-state index contributed by atoms with van der Waals surface area (Å²) in [6.07, 6.45) is 3.41. The molecule has 5 heteroatoms. The molecule has 2 aromatic rings. The van der Waals surface area contributed by atoms with E-state index in [9.17, 15) is 0 Å². The summed E-state index contributed by atoms with van der Waals surface area (Å²) in [5.74, 6) is 1.53. The summed E-state index contributed by atoms with van der Waals surface area (Å²) in [5, 5.41) is 8.48. The van der Waals surface area contributed by atoms with E-state index in [2.05, 4.69) is 29.0 Å². The van der Waals surface area contributed by atoms with Crippen LogP contribution in [0.3, 0.4) is 0 Å². The highest BCUT2D eigenvalue weighted by atomic mass is 15.4. The van der Waals surface area contributed by atoms with Crippen molar-refractivity contribution in [2.75, 3.05) is 0 Å². The Kier molecular flexibility index (Phi) is 3.03. The lowest BCUT2D eigenvalue weighted by molar-refractivity contribution is 0.455. The summed E-state index contributed by atoms with van der Waals surface area (Å²) in [4.78, 5) is 4.28. The van der Waals surface area contributed by atoms with E-state index < -0.39 is 0 Å². The van der Waals surface area contributed by atoms with Crippen LogP contribution in [0.4, 0.5) is 0 Å². The molecule has 0 aliphatic rings. The molecule has 0 atom stereocenters. The molecular weight excluding hydrogens is 202 g/mol. The molecule has 0 aliphatic heterocycles. The Morgan fingerprint density at radius 3 is 2.69 bits per heavy atom. The van der Waals surface area contributed by atoms with Crippen molar-refractivity contribution < 1.29 is 0 Å². The van der Waals surface area contributed by atoms with E-state index in [1.54, 1.807) is 12.5 Å². The molecule has 0 amide bonds. The fourth-order valence-electron chi connectivity index (χ4n) is 1.61. The Labute approximate surface area is 95.1 Å². The summed E-state index contributed by atoms with van der Waals surface area (Å²) in [6.45, 7) is 7.96. The molecule has 0 radical (unpaired) electrons. The molecule has 0 aliphatic carbocycles. The van der Waals surface area contributed by atoms with Gasteiger partial charge in [-0.1, -0.05) is 13.8 Å². The van der Waals surface area contributed by atoms with Gasteiger partial charge in [-0.2, -0.15) is 10.2 Å². The van der Waals surface area contributed by atoms with Crippen LogP contribution in [0.15, 0.2) is 18.6 Å². The van der Waals surface area contributed by atoms with Crippen LogP contribution >= 0.6 is 0 Å². The molecule has 0 saturated carbocycles. The van der Waals surface area contributed by atoms with Crippen LogP contribution in [-0.2, 0) is 13.1 Å². The van der Waals surface area contributed by atoms with Gasteiger partial charge >= 0.3 is 0 Å². The average Bonchev–Trinajstić information content (AvgIpc) is 2.78. The minimum Gasteiger partial charge on any atom is -0.262 e. The van der Waals surface area contributed by atoms with Crippen molar-refractivity contribution >= 4 is 0 Å². The third kappa shape index (κ3) is 2.29. The smallest absolute Gasteiger partial charge is 0.148 e. The molecular formula is C11H17N5. The lowest BCUT2D eigenvalue weighted by Gasteiger charge is -2.09. The second kappa shape index (κ2) is 4.47. The van der Waals surface area contributed by atoms with Crippen LogP contribution in [0, 0.1) is 12.8 Å². The van der Waals surface area contributed by atoms with Gasteiger partial charge in [-0.05, 0) is 18.9 Å². The van der Waals surface area contributed by atoms with Crippen molar-refractivity contribution in [3.63, 3.8) is 0 Å². The molecule has 0 aromatic carbocycles. The van der Waals surface area contributed by atoms with Crippen LogP contribution < -0.4 is 0 Å². The highest BCUT2D eigenvalue weighted by Crippen LogP contribution is 2.04. The molecule has 0 spiro atoms. The van der Waals surface area contributed by atoms with Gasteiger partial charge in [0, 0.05) is 18.4 Å². The van der Waals surface area contributed by atoms with E-state index in [4.69, 9.17) is 0 Å². The molecule has 0 fully saturated rings. The Bertz CT molecular complexity index is 454. The lowest BCUT2D eigenvalue weighted by atomic mass is 10.2. The molecule has 86 valence electrons. The van der Waals surface area contributed by atoms with Gasteiger partial charge in [0.05, 0.1) is 0 Å². The molecule has 2 rings (SSSR count). The first-order valence-corrected chi connectivity index (χ1v) is 5.52. The van der Waals surface area contributed by atoms with E-state index in [0.717, 1.165) is 18.1 Å². The fraction of sp³-hybridized carbons (Fsp3) is 0.545. The summed E-state index contributed by atoms with van der Waals surface area (Å²) < 4.78 is 3.88. The molecule has 0 N–H and O–H groups in total. The molecule has 0 saturated heterocycles. The van der Waals surface area contributed by atoms with Crippen molar-refractivity contribution in [1.29, 1.82) is 0 Å². The number of aromatic nitrogens is 5. The summed E-state index contributed by atoms with van der Waals surface area (Å²) >= 11 is 0. The van der Waals surface area contributed by atoms with Crippen molar-refractivity contribution in [3.8, 4) is 0 Å². The van der Waals surface area contributed by atoms with E-state index >= 15 is 0 Å². The van der Waals surface area contributed by atoms with E-state index in [0.29, 0.717) is 12.5 Å². The third-order valence-electron chi connectivity index (χ3n) is 2.45. The second-order valence-corrected chi connectivity index (χ2v) is 4.38. The first-order chi connectivity index (χ1) is 7.66. The fourth-order valence-corrected chi connectivity index (χ4v) is 1.61. The standard InChI is InChI=1S/C11H17N5/c1-9(2)6-16-11(12-8-14-16)7-15-10(3)4-5-13-15/h4-5,8-9H,6-7H2,1-3H3. The Morgan fingerprint density at radius 2 is 2.06 bits per heavy atom. The van der Waals surface area contributed by atoms with Gasteiger partial charge < -0.3 is 0 Å². The van der Waals surface area contributed by atoms with Crippen molar-refractivity contribution in [3.05, 3.63) is 30.1 Å². The van der Waals surface area contributed by atoms with Crippen molar-refractivity contribution in [2.24, 2.45) is 5.92 Å². The summed E-state index contributed by atoms with van der Waals surface area (Å²) in [6, 6.07) is 1.99. The predicted octanol–water partition coefficient (Wildman–Crippen LogP) is 1.49. The van der Waals surface area contributed by atoms with Gasteiger partial charge in [-0.25, -0.2) is 9.67 Å². The molecule has 2 heterocycles. The number of hydrogen-bond donors (Lipinski definition) is 0. The Hall–Kier alpha value is -1.65. The van der Waals surface area contributed by atoms with E-state index in [1.807, 2.05) is 22.4 Å². The highest BCUT2D eigenvalue weighted by Gasteiger charge is 2.08. The SMILES string of the molecule is Cc1ccnn1Cc1ncnn1CC(C)C. The number of aryl methyl sites for hydroxylation is 1. The Balaban J connectivity index is 2.16. The highest BCUT2D eigenvalue weighted by molar-refractivity contribution is 4.99. The maximum absolute atomic E-state index is 4.28. The van der Waals surface area contributed by atoms with E-state index in [-0.39, 0.29) is 0 Å². The van der Waals surface area contributed by atoms with Gasteiger partial charge in [-0.3, -0.25) is 4.68 Å². The first-order valence-electron chi connectivity index (χ1n) is 5.52. The zero-order valence-corrected chi connectivity index (χ0v) is 9.96. The number of hydrogen-bond acceptors (Lipinski definition) is 3. The van der Waals surface area contributed by atoms with Crippen LogP contribution in [0.25, 0.3) is 0 Å². The van der Waals surface area contributed by atoms with Gasteiger partial charge in [0.2, 0.25) is 0 Å². The summed E-state index contributed by atoms with van der Waals surface area (Å²) in [5.41, 5.74) is 1.14. The maximum Gasteiger partial charge on any atom is 0.148 e. The van der Waals surface area contributed by atoms with Crippen LogP contribution in [0.1, 0.15) is 25.4 Å². The van der Waals surface area contributed by atoms with Crippen molar-refractivity contribution in [2.45, 2.75) is 33.9 Å². The topological polar surface area (TPSA) is 48.5 Å². The average molecular weight is 219 g/mol. The number of rotatable bonds is 4. The van der Waals surface area contributed by atoms with Gasteiger partial charge in [0.15, 0.2) is 0 Å². The molecule has 2 aromatic heterocycles. The third-order valence-corrected chi connectivity index (χ3v) is 2.45. The lowest BCUT2D eigenvalue weighted by Crippen LogP contribution is -2.14. The van der Waals surface area contributed by atoms with Gasteiger partial charge in [-0.15, -0.1) is 0 Å². The maximum atomic E-state index is 4.28. The molecule has 5 nitrogen and oxygen atoms in total. The largest absolute Gasteiger partial charge is 0.262 e. The van der Waals surface area contributed by atoms with Crippen molar-refractivity contribution in [1.82, 2.24) is 24.5 Å². The molecule has 0 unspecified atom stereocenters. The molecule has 16 heavy (non-hydrogen) atoms.